The Morgan fingerprint density at radius 2 is 1.47 bits per heavy atom. The van der Waals surface area contributed by atoms with E-state index in [2.05, 4.69) is 0 Å². The van der Waals surface area contributed by atoms with Crippen molar-refractivity contribution in [1.82, 2.24) is 0 Å². The first-order chi connectivity index (χ1) is 8.81. The molecule has 0 saturated carbocycles. The van der Waals surface area contributed by atoms with E-state index >= 15 is 0 Å². The predicted molar refractivity (Wildman–Crippen MR) is 65.9 cm³/mol. The second-order valence-electron chi connectivity index (χ2n) is 3.94. The number of benzene rings is 1. The van der Waals surface area contributed by atoms with Gasteiger partial charge in [-0.05, 0) is 18.2 Å². The number of aromatic carboxylic acids is 2. The fourth-order valence-electron chi connectivity index (χ4n) is 1.47. The fourth-order valence-corrected chi connectivity index (χ4v) is 1.47. The summed E-state index contributed by atoms with van der Waals surface area (Å²) < 4.78 is 0. The van der Waals surface area contributed by atoms with E-state index in [0.29, 0.717) is 5.69 Å². The Morgan fingerprint density at radius 1 is 1.00 bits per heavy atom. The van der Waals surface area contributed by atoms with E-state index in [1.54, 1.807) is 7.05 Å². The van der Waals surface area contributed by atoms with E-state index in [1.165, 1.54) is 17.0 Å². The molecule has 3 N–H and O–H groups in total. The van der Waals surface area contributed by atoms with Gasteiger partial charge in [-0.3, -0.25) is 4.79 Å². The minimum atomic E-state index is -1.24. The monoisotopic (exact) mass is 267 g/mol. The van der Waals surface area contributed by atoms with Crippen molar-refractivity contribution >= 4 is 23.6 Å². The van der Waals surface area contributed by atoms with Gasteiger partial charge in [0, 0.05) is 19.3 Å². The van der Waals surface area contributed by atoms with Gasteiger partial charge < -0.3 is 20.2 Å². The minimum Gasteiger partial charge on any atom is -0.481 e. The summed E-state index contributed by atoms with van der Waals surface area (Å²) in [6.07, 6.45) is -0.129. The highest BCUT2D eigenvalue weighted by Crippen LogP contribution is 2.19. The van der Waals surface area contributed by atoms with Crippen molar-refractivity contribution in [3.63, 3.8) is 0 Å². The number of hydrogen-bond donors (Lipinski definition) is 3. The van der Waals surface area contributed by atoms with Crippen LogP contribution in [0.3, 0.4) is 0 Å². The summed E-state index contributed by atoms with van der Waals surface area (Å²) in [5.74, 6) is -3.47. The molecule has 0 aliphatic heterocycles. The number of carboxylic acids is 3. The lowest BCUT2D eigenvalue weighted by Crippen LogP contribution is -2.21. The first-order valence-electron chi connectivity index (χ1n) is 5.36. The second-order valence-corrected chi connectivity index (χ2v) is 3.94. The first kappa shape index (κ1) is 14.5. The van der Waals surface area contributed by atoms with Gasteiger partial charge in [0.25, 0.3) is 0 Å². The highest BCUT2D eigenvalue weighted by atomic mass is 16.4. The maximum Gasteiger partial charge on any atom is 0.335 e. The molecule has 0 aliphatic rings. The van der Waals surface area contributed by atoms with Crippen LogP contribution in [0, 0.1) is 0 Å². The standard InChI is InChI=1S/C12H13NO6/c1-13(3-2-10(14)15)9-5-7(11(16)17)4-8(6-9)12(18)19/h4-6H,2-3H2,1H3,(H,14,15)(H,16,17)(H,18,19). The van der Waals surface area contributed by atoms with Gasteiger partial charge in [-0.2, -0.15) is 0 Å². The van der Waals surface area contributed by atoms with Crippen molar-refractivity contribution in [3.05, 3.63) is 29.3 Å². The van der Waals surface area contributed by atoms with Crippen LogP contribution in [0.4, 0.5) is 5.69 Å². The molecule has 0 saturated heterocycles. The van der Waals surface area contributed by atoms with E-state index in [1.807, 2.05) is 0 Å². The molecule has 7 heteroatoms. The number of carbonyl (C=O) groups is 3. The van der Waals surface area contributed by atoms with Crippen molar-refractivity contribution in [2.75, 3.05) is 18.5 Å². The molecule has 102 valence electrons. The maximum atomic E-state index is 10.9. The van der Waals surface area contributed by atoms with Crippen LogP contribution in [0.2, 0.25) is 0 Å². The smallest absolute Gasteiger partial charge is 0.335 e. The minimum absolute atomic E-state index is 0.129. The maximum absolute atomic E-state index is 10.9. The largest absolute Gasteiger partial charge is 0.481 e. The average Bonchev–Trinajstić information content (AvgIpc) is 2.35. The summed E-state index contributed by atoms with van der Waals surface area (Å²) in [5.41, 5.74) is 0.0349. The van der Waals surface area contributed by atoms with Crippen LogP contribution >= 0.6 is 0 Å². The van der Waals surface area contributed by atoms with E-state index in [0.717, 1.165) is 6.07 Å². The number of nitrogens with zero attached hydrogens (tertiary/aromatic N) is 1. The van der Waals surface area contributed by atoms with Crippen LogP contribution in [0.25, 0.3) is 0 Å². The molecule has 1 aromatic carbocycles. The third-order valence-corrected chi connectivity index (χ3v) is 2.51. The molecular formula is C12H13NO6. The van der Waals surface area contributed by atoms with Crippen molar-refractivity contribution in [2.24, 2.45) is 0 Å². The van der Waals surface area contributed by atoms with E-state index in [-0.39, 0.29) is 24.1 Å². The summed E-state index contributed by atoms with van der Waals surface area (Å²) in [4.78, 5) is 33.8. The van der Waals surface area contributed by atoms with Crippen LogP contribution in [0.5, 0.6) is 0 Å². The highest BCUT2D eigenvalue weighted by Gasteiger charge is 2.13. The highest BCUT2D eigenvalue weighted by molar-refractivity contribution is 5.95. The van der Waals surface area contributed by atoms with Gasteiger partial charge in [-0.1, -0.05) is 0 Å². The quantitative estimate of drug-likeness (QED) is 0.704. The molecule has 0 aliphatic carbocycles. The number of rotatable bonds is 6. The normalized spacial score (nSPS) is 9.95. The van der Waals surface area contributed by atoms with Gasteiger partial charge in [-0.25, -0.2) is 9.59 Å². The zero-order chi connectivity index (χ0) is 14.6. The molecule has 1 aromatic rings. The Balaban J connectivity index is 3.08. The lowest BCUT2D eigenvalue weighted by molar-refractivity contribution is -0.136. The number of aliphatic carboxylic acids is 1. The van der Waals surface area contributed by atoms with Crippen molar-refractivity contribution in [3.8, 4) is 0 Å². The zero-order valence-corrected chi connectivity index (χ0v) is 10.2. The fraction of sp³-hybridized carbons (Fsp3) is 0.250. The molecule has 0 heterocycles. The Kier molecular flexibility index (Phi) is 4.46. The molecule has 0 spiro atoms. The Morgan fingerprint density at radius 3 is 1.84 bits per heavy atom. The SMILES string of the molecule is CN(CCC(=O)O)c1cc(C(=O)O)cc(C(=O)O)c1. The molecular weight excluding hydrogens is 254 g/mol. The van der Waals surface area contributed by atoms with Crippen LogP contribution in [-0.4, -0.2) is 46.8 Å². The summed E-state index contributed by atoms with van der Waals surface area (Å²) in [6.45, 7) is 0.150. The number of carboxylic acid groups (broad SMARTS) is 3. The molecule has 7 nitrogen and oxygen atoms in total. The Bertz CT molecular complexity index is 493. The summed E-state index contributed by atoms with van der Waals surface area (Å²) in [7, 11) is 1.57. The molecule has 0 atom stereocenters. The Hall–Kier alpha value is -2.57. The average molecular weight is 267 g/mol. The molecule has 0 bridgehead atoms. The van der Waals surface area contributed by atoms with Crippen molar-refractivity contribution in [1.29, 1.82) is 0 Å². The lowest BCUT2D eigenvalue weighted by atomic mass is 10.1. The third kappa shape index (κ3) is 3.98. The predicted octanol–water partition coefficient (Wildman–Crippen LogP) is 0.994. The number of anilines is 1. The van der Waals surface area contributed by atoms with Gasteiger partial charge in [0.15, 0.2) is 0 Å². The Labute approximate surface area is 108 Å². The summed E-state index contributed by atoms with van der Waals surface area (Å²) >= 11 is 0. The lowest BCUT2D eigenvalue weighted by Gasteiger charge is -2.19. The van der Waals surface area contributed by atoms with E-state index in [9.17, 15) is 14.4 Å². The molecule has 0 amide bonds. The van der Waals surface area contributed by atoms with Crippen molar-refractivity contribution in [2.45, 2.75) is 6.42 Å². The van der Waals surface area contributed by atoms with Gasteiger partial charge in [0.1, 0.15) is 0 Å². The summed E-state index contributed by atoms with van der Waals surface area (Å²) in [6, 6.07) is 3.66. The first-order valence-corrected chi connectivity index (χ1v) is 5.36. The molecule has 1 rings (SSSR count). The molecule has 0 fully saturated rings. The van der Waals surface area contributed by atoms with Gasteiger partial charge >= 0.3 is 17.9 Å². The molecule has 19 heavy (non-hydrogen) atoms. The molecule has 0 aromatic heterocycles. The van der Waals surface area contributed by atoms with Crippen LogP contribution < -0.4 is 4.90 Å². The van der Waals surface area contributed by atoms with Crippen LogP contribution in [0.15, 0.2) is 18.2 Å². The third-order valence-electron chi connectivity index (χ3n) is 2.51. The zero-order valence-electron chi connectivity index (χ0n) is 10.2. The van der Waals surface area contributed by atoms with Crippen LogP contribution in [0.1, 0.15) is 27.1 Å². The second kappa shape index (κ2) is 5.85. The van der Waals surface area contributed by atoms with Crippen molar-refractivity contribution < 1.29 is 29.7 Å². The van der Waals surface area contributed by atoms with Crippen LogP contribution in [-0.2, 0) is 4.79 Å². The summed E-state index contributed by atoms with van der Waals surface area (Å²) in [5, 5.41) is 26.4. The van der Waals surface area contributed by atoms with Gasteiger partial charge in [0.05, 0.1) is 17.5 Å². The van der Waals surface area contributed by atoms with Gasteiger partial charge in [-0.15, -0.1) is 0 Å². The topological polar surface area (TPSA) is 115 Å². The van der Waals surface area contributed by atoms with E-state index in [4.69, 9.17) is 15.3 Å². The molecule has 0 radical (unpaired) electrons. The van der Waals surface area contributed by atoms with Gasteiger partial charge in [0.2, 0.25) is 0 Å². The van der Waals surface area contributed by atoms with E-state index < -0.39 is 17.9 Å². The number of hydrogen-bond acceptors (Lipinski definition) is 4. The molecule has 0 unspecified atom stereocenters.